The number of alkyl halides is 5. The minimum atomic E-state index is -5.59. The van der Waals surface area contributed by atoms with E-state index in [9.17, 15) is 22.0 Å². The van der Waals surface area contributed by atoms with Crippen LogP contribution in [0, 0.1) is 0 Å². The lowest BCUT2D eigenvalue weighted by molar-refractivity contribution is -0.271. The van der Waals surface area contributed by atoms with Gasteiger partial charge in [0.25, 0.3) is 0 Å². The maximum Gasteiger partial charge on any atom is 0.459 e. The highest BCUT2D eigenvalue weighted by atomic mass is 19.4. The summed E-state index contributed by atoms with van der Waals surface area (Å²) < 4.78 is 61.8. The molecule has 0 spiro atoms. The molecule has 0 aromatic carbocycles. The van der Waals surface area contributed by atoms with Gasteiger partial charge in [-0.15, -0.1) is 0 Å². The summed E-state index contributed by atoms with van der Waals surface area (Å²) in [6.45, 7) is 1.55. The average molecular weight is 228 g/mol. The van der Waals surface area contributed by atoms with Gasteiger partial charge in [-0.25, -0.2) is 0 Å². The van der Waals surface area contributed by atoms with Crippen molar-refractivity contribution in [3.63, 3.8) is 0 Å². The van der Waals surface area contributed by atoms with Crippen molar-refractivity contribution in [3.8, 4) is 0 Å². The lowest BCUT2D eigenvalue weighted by atomic mass is 10.2. The Morgan fingerprint density at radius 1 is 1.13 bits per heavy atom. The Balaban J connectivity index is 3.08. The van der Waals surface area contributed by atoms with Crippen LogP contribution >= 0.6 is 0 Å². The maximum absolute atomic E-state index is 12.9. The molecule has 0 unspecified atom stereocenters. The predicted molar refractivity (Wildman–Crippen MR) is 43.7 cm³/mol. The summed E-state index contributed by atoms with van der Waals surface area (Å²) in [5.74, 6) is -4.86. The lowest BCUT2D eigenvalue weighted by Gasteiger charge is -2.33. The van der Waals surface area contributed by atoms with Gasteiger partial charge in [0, 0.05) is 12.7 Å². The van der Waals surface area contributed by atoms with Gasteiger partial charge in [0.15, 0.2) is 0 Å². The van der Waals surface area contributed by atoms with E-state index in [-0.39, 0.29) is 0 Å². The molecule has 0 atom stereocenters. The molecule has 0 aromatic heterocycles. The normalized spacial score (nSPS) is 18.2. The minimum absolute atomic E-state index is 0.485. The highest BCUT2D eigenvalue weighted by molar-refractivity contribution is 5.25. The molecule has 1 rings (SSSR count). The van der Waals surface area contributed by atoms with Gasteiger partial charge in [-0.2, -0.15) is 22.0 Å². The van der Waals surface area contributed by atoms with Crippen LogP contribution in [0.25, 0.3) is 0 Å². The number of hydrazine groups is 1. The first-order chi connectivity index (χ1) is 6.66. The van der Waals surface area contributed by atoms with Crippen LogP contribution in [0.15, 0.2) is 23.5 Å². The van der Waals surface area contributed by atoms with E-state index >= 15 is 0 Å². The van der Waals surface area contributed by atoms with E-state index in [1.54, 1.807) is 6.92 Å². The van der Waals surface area contributed by atoms with Crippen LogP contribution in [0.5, 0.6) is 0 Å². The number of nitrogens with zero attached hydrogens (tertiary/aromatic N) is 1. The predicted octanol–water partition coefficient (Wildman–Crippen LogP) is 2.42. The van der Waals surface area contributed by atoms with Crippen molar-refractivity contribution < 1.29 is 22.0 Å². The van der Waals surface area contributed by atoms with E-state index < -0.39 is 17.8 Å². The first kappa shape index (κ1) is 11.8. The number of hydrogen-bond acceptors (Lipinski definition) is 2. The summed E-state index contributed by atoms with van der Waals surface area (Å²) in [5, 5.41) is 0.656. The van der Waals surface area contributed by atoms with E-state index in [2.05, 4.69) is 5.43 Å². The van der Waals surface area contributed by atoms with Crippen LogP contribution in [0.2, 0.25) is 0 Å². The molecule has 0 aromatic rings. The first-order valence-corrected chi connectivity index (χ1v) is 4.00. The quantitative estimate of drug-likeness (QED) is 0.693. The zero-order valence-corrected chi connectivity index (χ0v) is 7.99. The van der Waals surface area contributed by atoms with Gasteiger partial charge in [0.05, 0.1) is 0 Å². The van der Waals surface area contributed by atoms with Crippen LogP contribution < -0.4 is 5.43 Å². The van der Waals surface area contributed by atoms with Gasteiger partial charge < -0.3 is 5.43 Å². The lowest BCUT2D eigenvalue weighted by Crippen LogP contribution is -2.48. The molecule has 2 nitrogen and oxygen atoms in total. The second-order valence-corrected chi connectivity index (χ2v) is 3.14. The van der Waals surface area contributed by atoms with E-state index in [1.807, 2.05) is 0 Å². The molecule has 0 bridgehead atoms. The van der Waals surface area contributed by atoms with Crippen molar-refractivity contribution in [2.24, 2.45) is 0 Å². The van der Waals surface area contributed by atoms with E-state index in [0.717, 1.165) is 19.2 Å². The maximum atomic E-state index is 12.9. The molecule has 15 heavy (non-hydrogen) atoms. The molecule has 1 aliphatic heterocycles. The van der Waals surface area contributed by atoms with Crippen molar-refractivity contribution in [1.82, 2.24) is 10.4 Å². The average Bonchev–Trinajstić information content (AvgIpc) is 2.00. The summed E-state index contributed by atoms with van der Waals surface area (Å²) in [6.07, 6.45) is -3.68. The SMILES string of the molecule is CC1=CC=C(C(F)(F)C(F)(F)F)N(C)N1. The monoisotopic (exact) mass is 228 g/mol. The number of hydrogen-bond donors (Lipinski definition) is 1. The molecule has 0 radical (unpaired) electrons. The molecule has 0 amide bonds. The smallest absolute Gasteiger partial charge is 0.303 e. The third-order valence-corrected chi connectivity index (χ3v) is 1.87. The van der Waals surface area contributed by atoms with E-state index in [4.69, 9.17) is 0 Å². The molecular formula is C8H9F5N2. The molecule has 0 fully saturated rings. The van der Waals surface area contributed by atoms with Gasteiger partial charge in [-0.05, 0) is 19.1 Å². The molecule has 1 N–H and O–H groups in total. The van der Waals surface area contributed by atoms with Crippen LogP contribution in [0.1, 0.15) is 6.92 Å². The van der Waals surface area contributed by atoms with Gasteiger partial charge in [-0.3, -0.25) is 5.01 Å². The topological polar surface area (TPSA) is 15.3 Å². The van der Waals surface area contributed by atoms with Gasteiger partial charge >= 0.3 is 12.1 Å². The summed E-state index contributed by atoms with van der Waals surface area (Å²) in [6, 6.07) is 0. The second kappa shape index (κ2) is 3.39. The van der Waals surface area contributed by atoms with Gasteiger partial charge in [0.2, 0.25) is 0 Å². The van der Waals surface area contributed by atoms with Crippen molar-refractivity contribution in [3.05, 3.63) is 23.5 Å². The van der Waals surface area contributed by atoms with Crippen molar-refractivity contribution in [2.45, 2.75) is 19.0 Å². The summed E-state index contributed by atoms with van der Waals surface area (Å²) >= 11 is 0. The molecule has 1 aliphatic rings. The molecule has 0 saturated heterocycles. The molecular weight excluding hydrogens is 219 g/mol. The third kappa shape index (κ3) is 2.05. The van der Waals surface area contributed by atoms with Gasteiger partial charge in [-0.1, -0.05) is 0 Å². The highest BCUT2D eigenvalue weighted by Gasteiger charge is 2.61. The molecule has 0 aliphatic carbocycles. The fourth-order valence-corrected chi connectivity index (χ4v) is 1.14. The third-order valence-electron chi connectivity index (χ3n) is 1.87. The van der Waals surface area contributed by atoms with Crippen LogP contribution in [0.3, 0.4) is 0 Å². The molecule has 7 heteroatoms. The van der Waals surface area contributed by atoms with Crippen LogP contribution in [-0.4, -0.2) is 24.2 Å². The largest absolute Gasteiger partial charge is 0.459 e. The first-order valence-electron chi connectivity index (χ1n) is 4.00. The van der Waals surface area contributed by atoms with Crippen molar-refractivity contribution >= 4 is 0 Å². The second-order valence-electron chi connectivity index (χ2n) is 3.14. The summed E-state index contributed by atoms with van der Waals surface area (Å²) in [4.78, 5) is 0. The van der Waals surface area contributed by atoms with Crippen LogP contribution in [0.4, 0.5) is 22.0 Å². The fourth-order valence-electron chi connectivity index (χ4n) is 1.14. The Labute approximate surface area is 83.0 Å². The zero-order valence-electron chi connectivity index (χ0n) is 7.99. The molecule has 1 heterocycles. The highest BCUT2D eigenvalue weighted by Crippen LogP contribution is 2.42. The minimum Gasteiger partial charge on any atom is -0.303 e. The number of rotatable bonds is 1. The Hall–Kier alpha value is -1.27. The Morgan fingerprint density at radius 3 is 2.07 bits per heavy atom. The fraction of sp³-hybridized carbons (Fsp3) is 0.500. The molecule has 86 valence electrons. The Kier molecular flexibility index (Phi) is 2.67. The van der Waals surface area contributed by atoms with E-state index in [1.165, 1.54) is 0 Å². The van der Waals surface area contributed by atoms with Crippen molar-refractivity contribution in [2.75, 3.05) is 7.05 Å². The Morgan fingerprint density at radius 2 is 1.67 bits per heavy atom. The number of halogens is 5. The number of allylic oxidation sites excluding steroid dienone is 4. The molecule has 0 saturated carbocycles. The Bertz CT molecular complexity index is 315. The summed E-state index contributed by atoms with van der Waals surface area (Å²) in [5.41, 5.74) is 1.71. The zero-order chi connectivity index (χ0) is 11.9. The van der Waals surface area contributed by atoms with Crippen LogP contribution in [-0.2, 0) is 0 Å². The van der Waals surface area contributed by atoms with Crippen molar-refractivity contribution in [1.29, 1.82) is 0 Å². The number of nitrogens with one attached hydrogen (secondary N) is 1. The van der Waals surface area contributed by atoms with Gasteiger partial charge in [0.1, 0.15) is 5.70 Å². The van der Waals surface area contributed by atoms with E-state index in [0.29, 0.717) is 10.7 Å². The summed E-state index contributed by atoms with van der Waals surface area (Å²) in [7, 11) is 1.10. The standard InChI is InChI=1S/C8H9F5N2/c1-5-3-4-6(15(2)14-5)7(9,10)8(11,12)13/h3-4,14H,1-2H3.